The quantitative estimate of drug-likeness (QED) is 0.669. The molecule has 0 spiro atoms. The van der Waals surface area contributed by atoms with E-state index in [2.05, 4.69) is 10.6 Å². The van der Waals surface area contributed by atoms with Crippen LogP contribution in [0.5, 0.6) is 5.75 Å². The summed E-state index contributed by atoms with van der Waals surface area (Å²) in [5, 5.41) is 5.64. The molecule has 0 saturated heterocycles. The minimum atomic E-state index is -0.267. The van der Waals surface area contributed by atoms with Gasteiger partial charge in [0.15, 0.2) is 0 Å². The number of hydrogen-bond acceptors (Lipinski definition) is 2. The van der Waals surface area contributed by atoms with Crippen molar-refractivity contribution in [1.82, 2.24) is 15.2 Å². The topological polar surface area (TPSA) is 55.3 Å². The van der Waals surface area contributed by atoms with E-state index in [1.807, 2.05) is 53.2 Å². The van der Waals surface area contributed by atoms with E-state index >= 15 is 0 Å². The number of ether oxygens (including phenoxy) is 1. The Hall–Kier alpha value is -3.28. The van der Waals surface area contributed by atoms with Gasteiger partial charge >= 0.3 is 6.03 Å². The Morgan fingerprint density at radius 1 is 1.04 bits per heavy atom. The Kier molecular flexibility index (Phi) is 6.10. The molecule has 2 amide bonds. The highest BCUT2D eigenvalue weighted by Gasteiger charge is 2.07. The number of hydrogen-bond donors (Lipinski definition) is 2. The van der Waals surface area contributed by atoms with Crippen LogP contribution in [0.2, 0.25) is 0 Å². The molecule has 1 aromatic heterocycles. The van der Waals surface area contributed by atoms with E-state index in [0.717, 1.165) is 17.0 Å². The summed E-state index contributed by atoms with van der Waals surface area (Å²) < 4.78 is 20.9. The van der Waals surface area contributed by atoms with Crippen LogP contribution in [0.3, 0.4) is 0 Å². The van der Waals surface area contributed by atoms with E-state index in [0.29, 0.717) is 25.2 Å². The number of aromatic nitrogens is 1. The number of methoxy groups -OCH3 is 1. The van der Waals surface area contributed by atoms with Gasteiger partial charge in [0.2, 0.25) is 0 Å². The van der Waals surface area contributed by atoms with E-state index in [1.54, 1.807) is 19.2 Å². The molecule has 3 aromatic rings. The third-order valence-electron chi connectivity index (χ3n) is 4.24. The highest BCUT2D eigenvalue weighted by molar-refractivity contribution is 5.73. The van der Waals surface area contributed by atoms with Gasteiger partial charge in [-0.2, -0.15) is 0 Å². The van der Waals surface area contributed by atoms with Crippen LogP contribution in [0.4, 0.5) is 9.18 Å². The van der Waals surface area contributed by atoms with E-state index in [1.165, 1.54) is 6.07 Å². The zero-order chi connectivity index (χ0) is 19.1. The van der Waals surface area contributed by atoms with Crippen molar-refractivity contribution >= 4 is 6.03 Å². The molecule has 5 nitrogen and oxygen atoms in total. The molecule has 2 N–H and O–H groups in total. The second kappa shape index (κ2) is 8.89. The maximum absolute atomic E-state index is 13.8. The van der Waals surface area contributed by atoms with Crippen LogP contribution in [0, 0.1) is 5.82 Å². The lowest BCUT2D eigenvalue weighted by atomic mass is 10.2. The molecular weight excluding hydrogens is 345 g/mol. The van der Waals surface area contributed by atoms with Gasteiger partial charge in [0.25, 0.3) is 0 Å². The molecule has 140 valence electrons. The van der Waals surface area contributed by atoms with Gasteiger partial charge in [0.05, 0.1) is 20.2 Å². The SMILES string of the molecule is COc1cccc(CNC(=O)NCc2cccn2Cc2ccccc2F)c1. The van der Waals surface area contributed by atoms with Crippen LogP contribution >= 0.6 is 0 Å². The van der Waals surface area contributed by atoms with E-state index in [9.17, 15) is 9.18 Å². The Labute approximate surface area is 157 Å². The van der Waals surface area contributed by atoms with Crippen molar-refractivity contribution in [1.29, 1.82) is 0 Å². The number of halogens is 1. The fourth-order valence-electron chi connectivity index (χ4n) is 2.77. The number of benzene rings is 2. The Balaban J connectivity index is 1.52. The van der Waals surface area contributed by atoms with Crippen molar-refractivity contribution in [3.8, 4) is 5.75 Å². The van der Waals surface area contributed by atoms with Crippen molar-refractivity contribution in [2.45, 2.75) is 19.6 Å². The molecule has 0 aliphatic rings. The molecule has 27 heavy (non-hydrogen) atoms. The standard InChI is InChI=1S/C21H22FN3O2/c1-27-19-9-4-6-16(12-19)13-23-21(26)24-14-18-8-5-11-25(18)15-17-7-2-3-10-20(17)22/h2-12H,13-15H2,1H3,(H2,23,24,26). The van der Waals surface area contributed by atoms with Crippen LogP contribution < -0.4 is 15.4 Å². The van der Waals surface area contributed by atoms with Crippen LogP contribution in [-0.4, -0.2) is 17.7 Å². The summed E-state index contributed by atoms with van der Waals surface area (Å²) in [6.07, 6.45) is 1.87. The maximum Gasteiger partial charge on any atom is 0.315 e. The molecule has 0 aliphatic heterocycles. The summed E-state index contributed by atoms with van der Waals surface area (Å²) in [5.41, 5.74) is 2.46. The summed E-state index contributed by atoms with van der Waals surface area (Å²) in [6, 6.07) is 17.7. The first kappa shape index (κ1) is 18.5. The highest BCUT2D eigenvalue weighted by Crippen LogP contribution is 2.13. The van der Waals surface area contributed by atoms with Crippen molar-refractivity contribution in [2.24, 2.45) is 0 Å². The molecule has 3 rings (SSSR count). The van der Waals surface area contributed by atoms with Gasteiger partial charge in [-0.25, -0.2) is 9.18 Å². The molecular formula is C21H22FN3O2. The average Bonchev–Trinajstić information content (AvgIpc) is 3.13. The van der Waals surface area contributed by atoms with Crippen LogP contribution in [0.25, 0.3) is 0 Å². The fourth-order valence-corrected chi connectivity index (χ4v) is 2.77. The molecule has 1 heterocycles. The zero-order valence-corrected chi connectivity index (χ0v) is 15.1. The lowest BCUT2D eigenvalue weighted by Gasteiger charge is -2.12. The van der Waals surface area contributed by atoms with E-state index < -0.39 is 0 Å². The van der Waals surface area contributed by atoms with Gasteiger partial charge in [-0.1, -0.05) is 30.3 Å². The van der Waals surface area contributed by atoms with E-state index in [-0.39, 0.29) is 11.8 Å². The molecule has 0 atom stereocenters. The van der Waals surface area contributed by atoms with Crippen LogP contribution in [0.1, 0.15) is 16.8 Å². The number of nitrogens with zero attached hydrogens (tertiary/aromatic N) is 1. The molecule has 2 aromatic carbocycles. The van der Waals surface area contributed by atoms with Gasteiger partial charge in [-0.3, -0.25) is 0 Å². The number of nitrogens with one attached hydrogen (secondary N) is 2. The Morgan fingerprint density at radius 2 is 1.85 bits per heavy atom. The molecule has 0 bridgehead atoms. The summed E-state index contributed by atoms with van der Waals surface area (Å²) in [6.45, 7) is 1.17. The summed E-state index contributed by atoms with van der Waals surface area (Å²) in [5.74, 6) is 0.516. The molecule has 0 radical (unpaired) electrons. The largest absolute Gasteiger partial charge is 0.497 e. The minimum Gasteiger partial charge on any atom is -0.497 e. The van der Waals surface area contributed by atoms with Crippen molar-refractivity contribution in [3.63, 3.8) is 0 Å². The maximum atomic E-state index is 13.8. The van der Waals surface area contributed by atoms with E-state index in [4.69, 9.17) is 4.74 Å². The van der Waals surface area contributed by atoms with Gasteiger partial charge in [0.1, 0.15) is 11.6 Å². The summed E-state index contributed by atoms with van der Waals surface area (Å²) in [7, 11) is 1.61. The number of urea groups is 1. The second-order valence-electron chi connectivity index (χ2n) is 6.11. The Morgan fingerprint density at radius 3 is 2.67 bits per heavy atom. The van der Waals surface area contributed by atoms with Crippen molar-refractivity contribution in [3.05, 3.63) is 89.5 Å². The molecule has 0 unspecified atom stereocenters. The predicted molar refractivity (Wildman–Crippen MR) is 102 cm³/mol. The first-order valence-electron chi connectivity index (χ1n) is 8.68. The number of carbonyl (C=O) groups is 1. The average molecular weight is 367 g/mol. The van der Waals surface area contributed by atoms with Gasteiger partial charge in [0, 0.05) is 24.0 Å². The zero-order valence-electron chi connectivity index (χ0n) is 15.1. The van der Waals surface area contributed by atoms with Gasteiger partial charge in [-0.15, -0.1) is 0 Å². The van der Waals surface area contributed by atoms with Gasteiger partial charge in [-0.05, 0) is 35.9 Å². The minimum absolute atomic E-state index is 0.235. The summed E-state index contributed by atoms with van der Waals surface area (Å²) >= 11 is 0. The third kappa shape index (κ3) is 5.10. The second-order valence-corrected chi connectivity index (χ2v) is 6.11. The molecule has 0 aliphatic carbocycles. The number of amides is 2. The monoisotopic (exact) mass is 367 g/mol. The van der Waals surface area contributed by atoms with Crippen molar-refractivity contribution < 1.29 is 13.9 Å². The Bertz CT molecular complexity index is 908. The fraction of sp³-hybridized carbons (Fsp3) is 0.190. The first-order valence-corrected chi connectivity index (χ1v) is 8.68. The molecule has 0 saturated carbocycles. The predicted octanol–water partition coefficient (Wildman–Crippen LogP) is 3.68. The lowest BCUT2D eigenvalue weighted by Crippen LogP contribution is -2.35. The smallest absolute Gasteiger partial charge is 0.315 e. The normalized spacial score (nSPS) is 10.4. The third-order valence-corrected chi connectivity index (χ3v) is 4.24. The lowest BCUT2D eigenvalue weighted by molar-refractivity contribution is 0.240. The van der Waals surface area contributed by atoms with Crippen LogP contribution in [-0.2, 0) is 19.6 Å². The summed E-state index contributed by atoms with van der Waals surface area (Å²) in [4.78, 5) is 12.1. The van der Waals surface area contributed by atoms with Crippen LogP contribution in [0.15, 0.2) is 66.9 Å². The van der Waals surface area contributed by atoms with Crippen molar-refractivity contribution in [2.75, 3.05) is 7.11 Å². The van der Waals surface area contributed by atoms with Gasteiger partial charge < -0.3 is 19.9 Å². The highest BCUT2D eigenvalue weighted by atomic mass is 19.1. The number of carbonyl (C=O) groups excluding carboxylic acids is 1. The number of rotatable bonds is 7. The molecule has 0 fully saturated rings. The molecule has 6 heteroatoms. The first-order chi connectivity index (χ1) is 13.2.